The summed E-state index contributed by atoms with van der Waals surface area (Å²) in [7, 11) is 2.82. The molecule has 0 bridgehead atoms. The Labute approximate surface area is 115 Å². The summed E-state index contributed by atoms with van der Waals surface area (Å²) in [6.45, 7) is 0. The van der Waals surface area contributed by atoms with Gasteiger partial charge in [0.1, 0.15) is 11.8 Å². The Morgan fingerprint density at radius 2 is 2.15 bits per heavy atom. The summed E-state index contributed by atoms with van der Waals surface area (Å²) < 4.78 is 5.08. The van der Waals surface area contributed by atoms with Crippen LogP contribution in [0.3, 0.4) is 0 Å². The second-order valence-corrected chi connectivity index (χ2v) is 4.48. The number of anilines is 1. The number of benzene rings is 1. The van der Waals surface area contributed by atoms with Crippen molar-refractivity contribution in [3.05, 3.63) is 23.8 Å². The molecular weight excluding hydrogens is 262 g/mol. The predicted octanol–water partition coefficient (Wildman–Crippen LogP) is -0.236. The lowest BCUT2D eigenvalue weighted by atomic mass is 10.1. The number of nitrogen functional groups attached to an aromatic ring is 1. The molecule has 1 aliphatic rings. The highest BCUT2D eigenvalue weighted by Crippen LogP contribution is 2.21. The molecule has 0 aromatic heterocycles. The fraction of sp³-hybridized carbons (Fsp3) is 0.308. The van der Waals surface area contributed by atoms with Crippen LogP contribution in [-0.2, 0) is 9.59 Å². The maximum atomic E-state index is 12.2. The minimum absolute atomic E-state index is 0.0360. The van der Waals surface area contributed by atoms with Crippen molar-refractivity contribution in [3.63, 3.8) is 0 Å². The number of carbonyl (C=O) groups excluding carboxylic acids is 3. The van der Waals surface area contributed by atoms with E-state index in [0.29, 0.717) is 11.4 Å². The second-order valence-electron chi connectivity index (χ2n) is 4.48. The van der Waals surface area contributed by atoms with Crippen molar-refractivity contribution in [2.24, 2.45) is 0 Å². The van der Waals surface area contributed by atoms with E-state index in [9.17, 15) is 14.4 Å². The molecule has 0 radical (unpaired) electrons. The van der Waals surface area contributed by atoms with Crippen LogP contribution >= 0.6 is 0 Å². The van der Waals surface area contributed by atoms with E-state index >= 15 is 0 Å². The van der Waals surface area contributed by atoms with Crippen molar-refractivity contribution in [3.8, 4) is 5.75 Å². The predicted molar refractivity (Wildman–Crippen MR) is 71.1 cm³/mol. The Balaban J connectivity index is 2.19. The van der Waals surface area contributed by atoms with E-state index in [0.717, 1.165) is 4.90 Å². The van der Waals surface area contributed by atoms with Gasteiger partial charge in [-0.2, -0.15) is 0 Å². The largest absolute Gasteiger partial charge is 0.496 e. The number of ether oxygens (including phenoxy) is 1. The minimum Gasteiger partial charge on any atom is -0.496 e. The standard InChI is InChI=1S/C13H15N3O4/c1-16-11(17)6-9(13(16)19)15-12(18)8-5-7(14)3-4-10(8)20-2/h3-5,9H,6,14H2,1-2H3,(H,15,18). The van der Waals surface area contributed by atoms with Gasteiger partial charge in [-0.3, -0.25) is 19.3 Å². The Morgan fingerprint density at radius 3 is 2.70 bits per heavy atom. The highest BCUT2D eigenvalue weighted by Gasteiger charge is 2.37. The topological polar surface area (TPSA) is 102 Å². The van der Waals surface area contributed by atoms with Crippen molar-refractivity contribution >= 4 is 23.4 Å². The first-order chi connectivity index (χ1) is 9.43. The summed E-state index contributed by atoms with van der Waals surface area (Å²) in [5, 5.41) is 2.52. The lowest BCUT2D eigenvalue weighted by Gasteiger charge is -2.13. The summed E-state index contributed by atoms with van der Waals surface area (Å²) in [5.74, 6) is -0.900. The first-order valence-electron chi connectivity index (χ1n) is 5.99. The molecule has 1 fully saturated rings. The van der Waals surface area contributed by atoms with Crippen LogP contribution < -0.4 is 15.8 Å². The number of nitrogens with one attached hydrogen (secondary N) is 1. The fourth-order valence-corrected chi connectivity index (χ4v) is 2.01. The van der Waals surface area contributed by atoms with E-state index in [4.69, 9.17) is 10.5 Å². The molecule has 106 valence electrons. The molecule has 2 rings (SSSR count). The highest BCUT2D eigenvalue weighted by molar-refractivity contribution is 6.08. The zero-order valence-electron chi connectivity index (χ0n) is 11.2. The number of imide groups is 1. The summed E-state index contributed by atoms with van der Waals surface area (Å²) in [4.78, 5) is 36.3. The lowest BCUT2D eigenvalue weighted by molar-refractivity contribution is -0.137. The first-order valence-corrected chi connectivity index (χ1v) is 5.99. The van der Waals surface area contributed by atoms with Gasteiger partial charge in [0.2, 0.25) is 5.91 Å². The molecular formula is C13H15N3O4. The third-order valence-corrected chi connectivity index (χ3v) is 3.16. The van der Waals surface area contributed by atoms with Gasteiger partial charge in [-0.15, -0.1) is 0 Å². The lowest BCUT2D eigenvalue weighted by Crippen LogP contribution is -2.40. The quantitative estimate of drug-likeness (QED) is 0.586. The van der Waals surface area contributed by atoms with Crippen LogP contribution in [0.4, 0.5) is 5.69 Å². The van der Waals surface area contributed by atoms with Gasteiger partial charge in [-0.1, -0.05) is 0 Å². The Hall–Kier alpha value is -2.57. The van der Waals surface area contributed by atoms with Crippen LogP contribution in [0.25, 0.3) is 0 Å². The van der Waals surface area contributed by atoms with Crippen LogP contribution in [0.15, 0.2) is 18.2 Å². The number of likely N-dealkylation sites (tertiary alicyclic amines) is 1. The third-order valence-electron chi connectivity index (χ3n) is 3.16. The maximum Gasteiger partial charge on any atom is 0.255 e. The van der Waals surface area contributed by atoms with Crippen molar-refractivity contribution in [1.82, 2.24) is 10.2 Å². The number of hydrogen-bond donors (Lipinski definition) is 2. The molecule has 20 heavy (non-hydrogen) atoms. The molecule has 1 atom stereocenters. The highest BCUT2D eigenvalue weighted by atomic mass is 16.5. The van der Waals surface area contributed by atoms with Crippen molar-refractivity contribution < 1.29 is 19.1 Å². The molecule has 7 heteroatoms. The average molecular weight is 277 g/mol. The van der Waals surface area contributed by atoms with E-state index in [1.54, 1.807) is 12.1 Å². The molecule has 1 aliphatic heterocycles. The van der Waals surface area contributed by atoms with E-state index < -0.39 is 17.9 Å². The zero-order chi connectivity index (χ0) is 14.9. The zero-order valence-corrected chi connectivity index (χ0v) is 11.2. The van der Waals surface area contributed by atoms with Crippen molar-refractivity contribution in [2.75, 3.05) is 19.9 Å². The molecule has 1 saturated heterocycles. The molecule has 1 heterocycles. The van der Waals surface area contributed by atoms with Gasteiger partial charge in [-0.05, 0) is 18.2 Å². The van der Waals surface area contributed by atoms with E-state index in [1.165, 1.54) is 20.2 Å². The van der Waals surface area contributed by atoms with E-state index in [1.807, 2.05) is 0 Å². The molecule has 7 nitrogen and oxygen atoms in total. The number of likely N-dealkylation sites (N-methyl/N-ethyl adjacent to an activating group) is 1. The number of nitrogens with two attached hydrogens (primary N) is 1. The summed E-state index contributed by atoms with van der Waals surface area (Å²) in [6.07, 6.45) is -0.0360. The Bertz CT molecular complexity index is 585. The number of carbonyl (C=O) groups is 3. The SMILES string of the molecule is COc1ccc(N)cc1C(=O)NC1CC(=O)N(C)C1=O. The molecule has 1 aromatic rings. The maximum absolute atomic E-state index is 12.2. The molecule has 3 N–H and O–H groups in total. The monoisotopic (exact) mass is 277 g/mol. The van der Waals surface area contributed by atoms with Crippen LogP contribution in [0, 0.1) is 0 Å². The Morgan fingerprint density at radius 1 is 1.45 bits per heavy atom. The van der Waals surface area contributed by atoms with Gasteiger partial charge >= 0.3 is 0 Å². The normalized spacial score (nSPS) is 18.3. The molecule has 0 aliphatic carbocycles. The average Bonchev–Trinajstić information content (AvgIpc) is 2.66. The van der Waals surface area contributed by atoms with Crippen molar-refractivity contribution in [2.45, 2.75) is 12.5 Å². The van der Waals surface area contributed by atoms with Crippen molar-refractivity contribution in [1.29, 1.82) is 0 Å². The molecule has 1 aromatic carbocycles. The fourth-order valence-electron chi connectivity index (χ4n) is 2.01. The number of amides is 3. The van der Waals surface area contributed by atoms with Gasteiger partial charge in [0.05, 0.1) is 19.1 Å². The number of methoxy groups -OCH3 is 1. The summed E-state index contributed by atoms with van der Waals surface area (Å²) in [6, 6.07) is 3.79. The van der Waals surface area contributed by atoms with E-state index in [2.05, 4.69) is 5.32 Å². The molecule has 0 saturated carbocycles. The molecule has 3 amide bonds. The van der Waals surface area contributed by atoms with Crippen LogP contribution in [0.2, 0.25) is 0 Å². The molecule has 1 unspecified atom stereocenters. The third kappa shape index (κ3) is 2.42. The summed E-state index contributed by atoms with van der Waals surface area (Å²) >= 11 is 0. The van der Waals surface area contributed by atoms with Gasteiger partial charge < -0.3 is 15.8 Å². The van der Waals surface area contributed by atoms with Gasteiger partial charge in [0.15, 0.2) is 0 Å². The smallest absolute Gasteiger partial charge is 0.255 e. The van der Waals surface area contributed by atoms with Crippen LogP contribution in [0.1, 0.15) is 16.8 Å². The number of nitrogens with zero attached hydrogens (tertiary/aromatic N) is 1. The Kier molecular flexibility index (Phi) is 3.60. The summed E-state index contributed by atoms with van der Waals surface area (Å²) in [5.41, 5.74) is 6.26. The van der Waals surface area contributed by atoms with Gasteiger partial charge in [0.25, 0.3) is 11.8 Å². The van der Waals surface area contributed by atoms with Gasteiger partial charge in [-0.25, -0.2) is 0 Å². The second kappa shape index (κ2) is 5.20. The van der Waals surface area contributed by atoms with Crippen LogP contribution in [0.5, 0.6) is 5.75 Å². The van der Waals surface area contributed by atoms with E-state index in [-0.39, 0.29) is 17.9 Å². The minimum atomic E-state index is -0.842. The first kappa shape index (κ1) is 13.9. The van der Waals surface area contributed by atoms with Crippen LogP contribution in [-0.4, -0.2) is 42.8 Å². The number of hydrogen-bond acceptors (Lipinski definition) is 5. The van der Waals surface area contributed by atoms with Gasteiger partial charge in [0, 0.05) is 12.7 Å². The molecule has 0 spiro atoms. The number of rotatable bonds is 3.